The summed E-state index contributed by atoms with van der Waals surface area (Å²) < 4.78 is 32.2. The Morgan fingerprint density at radius 2 is 0.909 bits per heavy atom. The van der Waals surface area contributed by atoms with Crippen LogP contribution in [0.15, 0.2) is 0 Å². The summed E-state index contributed by atoms with van der Waals surface area (Å²) in [4.78, 5) is 52.9. The van der Waals surface area contributed by atoms with E-state index in [2.05, 4.69) is 0 Å². The maximum absolute atomic E-state index is 13.3. The Balaban J connectivity index is 2.72. The van der Waals surface area contributed by atoms with E-state index >= 15 is 0 Å². The Hall–Kier alpha value is -1.48. The summed E-state index contributed by atoms with van der Waals surface area (Å²) in [5.74, 6) is -5.36. The zero-order chi connectivity index (χ0) is 25.3. The second-order valence-electron chi connectivity index (χ2n) is 7.71. The van der Waals surface area contributed by atoms with E-state index in [4.69, 9.17) is 21.8 Å². The predicted octanol–water partition coefficient (Wildman–Crippen LogP) is 0.275. The van der Waals surface area contributed by atoms with Gasteiger partial charge in [-0.3, -0.25) is 0 Å². The van der Waals surface area contributed by atoms with Crippen molar-refractivity contribution in [3.8, 4) is 0 Å². The van der Waals surface area contributed by atoms with E-state index < -0.39 is 66.3 Å². The number of aliphatic hydroxyl groups is 2. The van der Waals surface area contributed by atoms with Crippen molar-refractivity contribution in [3.63, 3.8) is 0 Å². The van der Waals surface area contributed by atoms with E-state index in [0.717, 1.165) is 0 Å². The molecule has 13 heteroatoms. The summed E-state index contributed by atoms with van der Waals surface area (Å²) in [5, 5.41) is 22.4. The molecular weight excluding hydrogens is 551 g/mol. The third-order valence-corrected chi connectivity index (χ3v) is 11.3. The fourth-order valence-electron chi connectivity index (χ4n) is 4.37. The number of hydrogen-bond acceptors (Lipinski definition) is 12. The standard InChI is InChI=1S/2C10H18O6.Sn/c2*1-4-9(15,7(11)12)10(5-2,8(13)14)16-6-3;/h2*15H,4-6H2,1-3H3,(H,11,12)(H,13,14);/q;;+4/p-4. The molecule has 0 aliphatic carbocycles. The number of hydrogen-bond donors (Lipinski definition) is 2. The molecule has 2 fully saturated rings. The molecule has 0 aromatic rings. The van der Waals surface area contributed by atoms with Gasteiger partial charge in [0.25, 0.3) is 0 Å². The van der Waals surface area contributed by atoms with Crippen molar-refractivity contribution in [2.75, 3.05) is 13.2 Å². The topological polar surface area (TPSA) is 164 Å². The first-order valence-corrected chi connectivity index (χ1v) is 15.7. The van der Waals surface area contributed by atoms with Crippen LogP contribution in [-0.4, -0.2) is 89.7 Å². The Morgan fingerprint density at radius 3 is 1.15 bits per heavy atom. The molecule has 0 amide bonds. The predicted molar refractivity (Wildman–Crippen MR) is 110 cm³/mol. The first-order valence-electron chi connectivity index (χ1n) is 11.0. The first kappa shape index (κ1) is 27.8. The van der Waals surface area contributed by atoms with Crippen LogP contribution in [0, 0.1) is 0 Å². The van der Waals surface area contributed by atoms with Gasteiger partial charge in [0.1, 0.15) is 0 Å². The molecule has 2 heterocycles. The van der Waals surface area contributed by atoms with Crippen LogP contribution in [0.3, 0.4) is 0 Å². The Labute approximate surface area is 197 Å². The third kappa shape index (κ3) is 3.83. The van der Waals surface area contributed by atoms with Crippen LogP contribution < -0.4 is 0 Å². The summed E-state index contributed by atoms with van der Waals surface area (Å²) in [6, 6.07) is 0. The van der Waals surface area contributed by atoms with E-state index in [1.807, 2.05) is 0 Å². The second-order valence-corrected chi connectivity index (χ2v) is 12.9. The molecule has 2 rings (SSSR count). The molecule has 2 N–H and O–H groups in total. The molecule has 0 bridgehead atoms. The number of rotatable bonds is 8. The van der Waals surface area contributed by atoms with E-state index in [9.17, 15) is 29.4 Å². The summed E-state index contributed by atoms with van der Waals surface area (Å²) in [6.45, 7) is 8.72. The minimum atomic E-state index is -6.27. The molecule has 0 radical (unpaired) electrons. The van der Waals surface area contributed by atoms with E-state index in [1.54, 1.807) is 13.8 Å². The molecule has 188 valence electrons. The van der Waals surface area contributed by atoms with Crippen LogP contribution in [-0.2, 0) is 40.9 Å². The van der Waals surface area contributed by atoms with Crippen molar-refractivity contribution in [2.24, 2.45) is 0 Å². The molecule has 12 nitrogen and oxygen atoms in total. The van der Waals surface area contributed by atoms with Crippen LogP contribution in [0.1, 0.15) is 67.2 Å². The van der Waals surface area contributed by atoms with E-state index in [0.29, 0.717) is 0 Å². The molecule has 2 saturated heterocycles. The van der Waals surface area contributed by atoms with Gasteiger partial charge in [-0.1, -0.05) is 0 Å². The van der Waals surface area contributed by atoms with Crippen LogP contribution in [0.25, 0.3) is 0 Å². The van der Waals surface area contributed by atoms with Crippen molar-refractivity contribution in [2.45, 2.75) is 89.6 Å². The average molecular weight is 583 g/mol. The molecule has 2 aliphatic heterocycles. The van der Waals surface area contributed by atoms with Crippen molar-refractivity contribution >= 4 is 43.9 Å². The molecule has 4 atom stereocenters. The molecule has 1 spiro atoms. The fourth-order valence-corrected chi connectivity index (χ4v) is 9.58. The van der Waals surface area contributed by atoms with Crippen molar-refractivity contribution in [1.82, 2.24) is 0 Å². The Morgan fingerprint density at radius 1 is 0.606 bits per heavy atom. The normalized spacial score (nSPS) is 39.3. The van der Waals surface area contributed by atoms with Crippen LogP contribution >= 0.6 is 0 Å². The number of carbonyl (C=O) groups is 4. The van der Waals surface area contributed by atoms with Crippen molar-refractivity contribution < 1.29 is 51.2 Å². The molecule has 4 unspecified atom stereocenters. The van der Waals surface area contributed by atoms with Gasteiger partial charge in [-0.15, -0.1) is 0 Å². The van der Waals surface area contributed by atoms with Gasteiger partial charge >= 0.3 is 198 Å². The van der Waals surface area contributed by atoms with Gasteiger partial charge in [0.15, 0.2) is 0 Å². The second kappa shape index (κ2) is 9.64. The first-order chi connectivity index (χ1) is 15.4. The average Bonchev–Trinajstić information content (AvgIpc) is 2.88. The molecule has 0 aromatic carbocycles. The third-order valence-electron chi connectivity index (χ3n) is 6.34. The Bertz CT molecular complexity index is 751. The summed E-state index contributed by atoms with van der Waals surface area (Å²) >= 11 is -6.27. The molecule has 33 heavy (non-hydrogen) atoms. The van der Waals surface area contributed by atoms with Gasteiger partial charge in [-0.05, 0) is 0 Å². The quantitative estimate of drug-likeness (QED) is 0.376. The van der Waals surface area contributed by atoms with Crippen LogP contribution in [0.5, 0.6) is 0 Å². The summed E-state index contributed by atoms with van der Waals surface area (Å²) in [6.07, 6.45) is -1.07. The SMILES string of the molecule is CCOC1(CC)C(=O)[O][Sn]2([O]C(=O)C1(O)CC)[O]C(=O)C(O)(CC)C(CC)(OCC)C(=O)[O]2. The van der Waals surface area contributed by atoms with Gasteiger partial charge in [-0.25, -0.2) is 0 Å². The maximum atomic E-state index is 13.3. The van der Waals surface area contributed by atoms with Gasteiger partial charge in [0.05, 0.1) is 0 Å². The minimum absolute atomic E-state index is 0.0838. The van der Waals surface area contributed by atoms with Gasteiger partial charge in [0.2, 0.25) is 0 Å². The fraction of sp³-hybridized carbons (Fsp3) is 0.800. The summed E-state index contributed by atoms with van der Waals surface area (Å²) in [5.41, 5.74) is -9.46. The van der Waals surface area contributed by atoms with E-state index in [1.165, 1.54) is 27.7 Å². The Kier molecular flexibility index (Phi) is 8.11. The van der Waals surface area contributed by atoms with Gasteiger partial charge in [-0.2, -0.15) is 0 Å². The van der Waals surface area contributed by atoms with E-state index in [-0.39, 0.29) is 38.9 Å². The number of ether oxygens (including phenoxy) is 2. The zero-order valence-electron chi connectivity index (χ0n) is 19.7. The monoisotopic (exact) mass is 584 g/mol. The van der Waals surface area contributed by atoms with Crippen molar-refractivity contribution in [1.29, 1.82) is 0 Å². The molecule has 0 aromatic heterocycles. The molecular formula is C20H32O12Sn. The molecule has 2 aliphatic rings. The number of carbonyl (C=O) groups excluding carboxylic acids is 4. The molecule has 0 saturated carbocycles. The van der Waals surface area contributed by atoms with Gasteiger partial charge in [0, 0.05) is 0 Å². The summed E-state index contributed by atoms with van der Waals surface area (Å²) in [7, 11) is 0. The van der Waals surface area contributed by atoms with Crippen LogP contribution in [0.4, 0.5) is 0 Å². The van der Waals surface area contributed by atoms with Gasteiger partial charge < -0.3 is 0 Å². The van der Waals surface area contributed by atoms with Crippen molar-refractivity contribution in [3.05, 3.63) is 0 Å². The van der Waals surface area contributed by atoms with Crippen LogP contribution in [0.2, 0.25) is 0 Å². The zero-order valence-corrected chi connectivity index (χ0v) is 22.6.